The van der Waals surface area contributed by atoms with Gasteiger partial charge in [-0.15, -0.1) is 0 Å². The van der Waals surface area contributed by atoms with Crippen molar-refractivity contribution in [2.24, 2.45) is 0 Å². The minimum atomic E-state index is 0.249. The average Bonchev–Trinajstić information content (AvgIpc) is 2.61. The van der Waals surface area contributed by atoms with Crippen LogP contribution in [0, 0.1) is 0 Å². The van der Waals surface area contributed by atoms with Gasteiger partial charge in [-0.1, -0.05) is 23.8 Å². The third-order valence-corrected chi connectivity index (χ3v) is 5.00. The molecule has 27 heavy (non-hydrogen) atoms. The molecular weight excluding hydrogens is 338 g/mol. The minimum Gasteiger partial charge on any atom is -0.492 e. The molecule has 1 aromatic carbocycles. The molecule has 0 radical (unpaired) electrons. The van der Waals surface area contributed by atoms with Crippen LogP contribution >= 0.6 is 0 Å². The summed E-state index contributed by atoms with van der Waals surface area (Å²) in [5.41, 5.74) is 2.64. The van der Waals surface area contributed by atoms with Gasteiger partial charge in [0.25, 0.3) is 0 Å². The van der Waals surface area contributed by atoms with Crippen molar-refractivity contribution < 1.29 is 9.84 Å². The van der Waals surface area contributed by atoms with E-state index in [1.54, 1.807) is 0 Å². The van der Waals surface area contributed by atoms with Crippen LogP contribution in [0.25, 0.3) is 0 Å². The number of ether oxygens (including phenoxy) is 1. The van der Waals surface area contributed by atoms with Crippen molar-refractivity contribution in [1.29, 1.82) is 0 Å². The number of allylic oxidation sites excluding steroid dienone is 1. The van der Waals surface area contributed by atoms with Gasteiger partial charge in [0.05, 0.1) is 0 Å². The number of rotatable bonds is 10. The first-order chi connectivity index (χ1) is 13.0. The van der Waals surface area contributed by atoms with Gasteiger partial charge in [0.2, 0.25) is 0 Å². The summed E-state index contributed by atoms with van der Waals surface area (Å²) >= 11 is 0. The van der Waals surface area contributed by atoms with Crippen LogP contribution in [0.5, 0.6) is 5.75 Å². The zero-order chi connectivity index (χ0) is 19.6. The Balaban J connectivity index is 1.90. The van der Waals surface area contributed by atoms with Crippen molar-refractivity contribution >= 4 is 0 Å². The summed E-state index contributed by atoms with van der Waals surface area (Å²) in [4.78, 5) is 7.12. The first-order valence-electron chi connectivity index (χ1n) is 10.0. The Morgan fingerprint density at radius 3 is 2.81 bits per heavy atom. The Morgan fingerprint density at radius 1 is 1.30 bits per heavy atom. The van der Waals surface area contributed by atoms with E-state index in [-0.39, 0.29) is 6.61 Å². The van der Waals surface area contributed by atoms with Gasteiger partial charge >= 0.3 is 0 Å². The molecule has 1 aliphatic rings. The highest BCUT2D eigenvalue weighted by atomic mass is 16.5. The maximum absolute atomic E-state index is 9.47. The monoisotopic (exact) mass is 375 g/mol. The van der Waals surface area contributed by atoms with Gasteiger partial charge in [0.15, 0.2) is 0 Å². The van der Waals surface area contributed by atoms with Crippen LogP contribution in [0.1, 0.15) is 25.8 Å². The van der Waals surface area contributed by atoms with E-state index in [1.165, 1.54) is 11.1 Å². The molecule has 5 heteroatoms. The van der Waals surface area contributed by atoms with Crippen molar-refractivity contribution in [1.82, 2.24) is 14.7 Å². The van der Waals surface area contributed by atoms with Gasteiger partial charge in [0.1, 0.15) is 12.4 Å². The Kier molecular flexibility index (Phi) is 9.28. The van der Waals surface area contributed by atoms with Crippen molar-refractivity contribution in [3.05, 3.63) is 41.5 Å². The van der Waals surface area contributed by atoms with Crippen LogP contribution in [-0.4, -0.2) is 85.9 Å². The van der Waals surface area contributed by atoms with E-state index in [0.29, 0.717) is 12.6 Å². The number of hydrogen-bond donors (Lipinski definition) is 1. The van der Waals surface area contributed by atoms with Crippen molar-refractivity contribution in [2.75, 3.05) is 60.0 Å². The van der Waals surface area contributed by atoms with Crippen LogP contribution in [-0.2, 0) is 6.54 Å². The first-order valence-corrected chi connectivity index (χ1v) is 10.0. The van der Waals surface area contributed by atoms with E-state index in [4.69, 9.17) is 4.74 Å². The molecule has 1 atom stereocenters. The lowest BCUT2D eigenvalue weighted by Crippen LogP contribution is -2.53. The van der Waals surface area contributed by atoms with Crippen LogP contribution < -0.4 is 4.74 Å². The molecule has 0 amide bonds. The molecule has 1 fully saturated rings. The first kappa shape index (κ1) is 21.9. The summed E-state index contributed by atoms with van der Waals surface area (Å²) in [5, 5.41) is 9.47. The van der Waals surface area contributed by atoms with Crippen molar-refractivity contribution in [3.8, 4) is 5.75 Å². The fraction of sp³-hybridized carbons (Fsp3) is 0.636. The van der Waals surface area contributed by atoms with E-state index < -0.39 is 0 Å². The zero-order valence-corrected chi connectivity index (χ0v) is 17.5. The van der Waals surface area contributed by atoms with Gasteiger partial charge in [-0.25, -0.2) is 0 Å². The topological polar surface area (TPSA) is 39.2 Å². The summed E-state index contributed by atoms with van der Waals surface area (Å²) in [6.07, 6.45) is 3.12. The summed E-state index contributed by atoms with van der Waals surface area (Å²) in [6.45, 7) is 11.2. The Hall–Kier alpha value is -1.40. The maximum Gasteiger partial charge on any atom is 0.119 e. The molecule has 0 aliphatic carbocycles. The van der Waals surface area contributed by atoms with E-state index in [9.17, 15) is 5.11 Å². The molecule has 1 N–H and O–H groups in total. The normalized spacial score (nSPS) is 18.7. The Morgan fingerprint density at radius 2 is 2.11 bits per heavy atom. The highest BCUT2D eigenvalue weighted by Gasteiger charge is 2.25. The van der Waals surface area contributed by atoms with Crippen LogP contribution in [0.3, 0.4) is 0 Å². The lowest BCUT2D eigenvalue weighted by atomic mass is 10.1. The van der Waals surface area contributed by atoms with E-state index in [1.807, 2.05) is 6.07 Å². The minimum absolute atomic E-state index is 0.249. The number of aliphatic hydroxyl groups excluding tert-OH is 1. The molecule has 0 spiro atoms. The fourth-order valence-corrected chi connectivity index (χ4v) is 3.40. The van der Waals surface area contributed by atoms with Gasteiger partial charge in [0, 0.05) is 51.9 Å². The lowest BCUT2D eigenvalue weighted by molar-refractivity contribution is 0.0636. The van der Waals surface area contributed by atoms with E-state index in [2.05, 4.69) is 66.9 Å². The molecule has 0 aromatic heterocycles. The Bertz CT molecular complexity index is 585. The smallest absolute Gasteiger partial charge is 0.119 e. The molecule has 0 saturated carbocycles. The van der Waals surface area contributed by atoms with Gasteiger partial charge in [-0.05, 0) is 52.1 Å². The van der Waals surface area contributed by atoms with Crippen molar-refractivity contribution in [3.63, 3.8) is 0 Å². The van der Waals surface area contributed by atoms with Crippen LogP contribution in [0.4, 0.5) is 0 Å². The quantitative estimate of drug-likeness (QED) is 0.636. The summed E-state index contributed by atoms with van der Waals surface area (Å²) in [7, 11) is 4.11. The number of piperazine rings is 1. The second kappa shape index (κ2) is 11.4. The third-order valence-electron chi connectivity index (χ3n) is 5.00. The molecule has 1 aliphatic heterocycles. The highest BCUT2D eigenvalue weighted by molar-refractivity contribution is 5.28. The summed E-state index contributed by atoms with van der Waals surface area (Å²) < 4.78 is 5.87. The maximum atomic E-state index is 9.47. The van der Waals surface area contributed by atoms with E-state index >= 15 is 0 Å². The fourth-order valence-electron chi connectivity index (χ4n) is 3.40. The predicted molar refractivity (Wildman–Crippen MR) is 112 cm³/mol. The lowest BCUT2D eigenvalue weighted by Gasteiger charge is -2.41. The second-order valence-corrected chi connectivity index (χ2v) is 7.98. The molecular formula is C22H37N3O2. The van der Waals surface area contributed by atoms with Crippen molar-refractivity contribution in [2.45, 2.75) is 32.9 Å². The molecule has 1 aromatic rings. The molecule has 5 nitrogen and oxygen atoms in total. The number of hydrogen-bond acceptors (Lipinski definition) is 5. The Labute approximate surface area is 165 Å². The van der Waals surface area contributed by atoms with Gasteiger partial charge < -0.3 is 14.7 Å². The third kappa shape index (κ3) is 8.01. The molecule has 2 rings (SSSR count). The molecule has 0 unspecified atom stereocenters. The molecule has 152 valence electrons. The second-order valence-electron chi connectivity index (χ2n) is 7.98. The number of nitrogens with zero attached hydrogens (tertiary/aromatic N) is 3. The average molecular weight is 376 g/mol. The van der Waals surface area contributed by atoms with E-state index in [0.717, 1.165) is 51.4 Å². The van der Waals surface area contributed by atoms with Gasteiger partial charge in [-0.3, -0.25) is 9.80 Å². The number of likely N-dealkylation sites (N-methyl/N-ethyl adjacent to an activating group) is 1. The predicted octanol–water partition coefficient (Wildman–Crippen LogP) is 2.46. The standard InChI is InChI=1S/C22H37N3O2/c1-19(2)8-10-25-12-11-24(18-21(25)9-14-26)17-20-6-5-7-22(16-20)27-15-13-23(3)4/h5-8,16,21,26H,9-15,17-18H2,1-4H3/t21-/m0/s1. The van der Waals surface area contributed by atoms with Crippen LogP contribution in [0.2, 0.25) is 0 Å². The molecule has 1 saturated heterocycles. The molecule has 1 heterocycles. The summed E-state index contributed by atoms with van der Waals surface area (Å²) in [5.74, 6) is 0.948. The number of aliphatic hydroxyl groups is 1. The zero-order valence-electron chi connectivity index (χ0n) is 17.5. The largest absolute Gasteiger partial charge is 0.492 e. The highest BCUT2D eigenvalue weighted by Crippen LogP contribution is 2.19. The number of benzene rings is 1. The molecule has 0 bridgehead atoms. The summed E-state index contributed by atoms with van der Waals surface area (Å²) in [6, 6.07) is 8.86. The van der Waals surface area contributed by atoms with Gasteiger partial charge in [-0.2, -0.15) is 0 Å². The SMILES string of the molecule is CC(C)=CCN1CCN(Cc2cccc(OCCN(C)C)c2)C[C@@H]1CCO. The van der Waals surface area contributed by atoms with Crippen LogP contribution in [0.15, 0.2) is 35.9 Å².